The van der Waals surface area contributed by atoms with Crippen LogP contribution >= 0.6 is 0 Å². The molecule has 0 aliphatic rings. The zero-order chi connectivity index (χ0) is 45.6. The normalized spacial score (nSPS) is 13.7. The summed E-state index contributed by atoms with van der Waals surface area (Å²) >= 11 is 0. The lowest BCUT2D eigenvalue weighted by atomic mass is 10.0. The van der Waals surface area contributed by atoms with Crippen molar-refractivity contribution < 1.29 is 15.0 Å². The topological polar surface area (TPSA) is 69.6 Å². The summed E-state index contributed by atoms with van der Waals surface area (Å²) in [6.07, 6.45) is 80.0. The van der Waals surface area contributed by atoms with Crippen molar-refractivity contribution in [2.24, 2.45) is 0 Å². The van der Waals surface area contributed by atoms with Crippen LogP contribution in [0.4, 0.5) is 0 Å². The zero-order valence-corrected chi connectivity index (χ0v) is 41.6. The molecule has 0 aromatic heterocycles. The fourth-order valence-electron chi connectivity index (χ4n) is 7.75. The average Bonchev–Trinajstić information content (AvgIpc) is 3.29. The lowest BCUT2D eigenvalue weighted by Gasteiger charge is -2.20. The maximum Gasteiger partial charge on any atom is 0.220 e. The molecule has 0 radical (unpaired) electrons. The number of unbranched alkanes of at least 4 members (excludes halogenated alkanes) is 27. The van der Waals surface area contributed by atoms with Gasteiger partial charge < -0.3 is 15.5 Å². The first-order valence-electron chi connectivity index (χ1n) is 27.0. The molecule has 0 fully saturated rings. The van der Waals surface area contributed by atoms with Crippen molar-refractivity contribution >= 4 is 5.91 Å². The third-order valence-electron chi connectivity index (χ3n) is 11.8. The van der Waals surface area contributed by atoms with Crippen LogP contribution in [0.5, 0.6) is 0 Å². The van der Waals surface area contributed by atoms with Crippen molar-refractivity contribution in [3.8, 4) is 0 Å². The highest BCUT2D eigenvalue weighted by molar-refractivity contribution is 5.76. The van der Waals surface area contributed by atoms with E-state index in [9.17, 15) is 15.0 Å². The lowest BCUT2D eigenvalue weighted by molar-refractivity contribution is -0.123. The molecule has 3 N–H and O–H groups in total. The van der Waals surface area contributed by atoms with Gasteiger partial charge in [0.1, 0.15) is 0 Å². The van der Waals surface area contributed by atoms with Crippen molar-refractivity contribution in [3.63, 3.8) is 0 Å². The van der Waals surface area contributed by atoms with Crippen LogP contribution < -0.4 is 5.32 Å². The number of hydrogen-bond acceptors (Lipinski definition) is 3. The van der Waals surface area contributed by atoms with Crippen LogP contribution in [0.25, 0.3) is 0 Å². The Bertz CT molecular complexity index is 1170. The van der Waals surface area contributed by atoms with Gasteiger partial charge in [0, 0.05) is 6.42 Å². The molecule has 0 aliphatic heterocycles. The Kier molecular flexibility index (Phi) is 51.4. The monoisotopic (exact) mass is 874 g/mol. The van der Waals surface area contributed by atoms with Crippen LogP contribution in [0.2, 0.25) is 0 Å². The highest BCUT2D eigenvalue weighted by Gasteiger charge is 2.18. The Balaban J connectivity index is 3.46. The predicted octanol–water partition coefficient (Wildman–Crippen LogP) is 17.7. The van der Waals surface area contributed by atoms with Gasteiger partial charge in [0.25, 0.3) is 0 Å². The Labute approximate surface area is 392 Å². The van der Waals surface area contributed by atoms with Crippen LogP contribution in [0, 0.1) is 0 Å². The molecule has 1 amide bonds. The standard InChI is InChI=1S/C59H103NO3/c1-3-5-7-9-11-13-15-16-17-18-19-20-21-22-23-24-25-26-27-28-29-30-31-32-33-34-35-36-37-38-39-40-41-42-43-44-45-47-49-51-53-55-59(63)60-57(56-61)58(62)54-52-50-48-46-14-12-10-8-6-4-2/h5,7,11,13,16-17,19-20,22-23,25-26,28-29,52,54,57-58,61-62H,3-4,6,8-10,12,14-15,18,21,24,27,30-51,53,55-56H2,1-2H3,(H,60,63)/b7-5-,13-11-,17-16-,20-19-,23-22-,26-25-,29-28-,54-52+. The minimum Gasteiger partial charge on any atom is -0.394 e. The first kappa shape index (κ1) is 60.3. The molecule has 362 valence electrons. The first-order chi connectivity index (χ1) is 31.2. The summed E-state index contributed by atoms with van der Waals surface area (Å²) in [4.78, 5) is 12.4. The molecule has 0 saturated carbocycles. The number of nitrogens with one attached hydrogen (secondary N) is 1. The minimum absolute atomic E-state index is 0.0663. The zero-order valence-electron chi connectivity index (χ0n) is 41.6. The molecular weight excluding hydrogens is 771 g/mol. The van der Waals surface area contributed by atoms with Gasteiger partial charge in [-0.05, 0) is 77.0 Å². The molecule has 0 heterocycles. The van der Waals surface area contributed by atoms with Crippen molar-refractivity contribution in [1.29, 1.82) is 0 Å². The number of allylic oxidation sites excluding steroid dienone is 15. The van der Waals surface area contributed by atoms with E-state index in [1.807, 2.05) is 6.08 Å². The van der Waals surface area contributed by atoms with E-state index in [0.29, 0.717) is 6.42 Å². The molecule has 0 bridgehead atoms. The molecule has 2 atom stereocenters. The minimum atomic E-state index is -0.839. The van der Waals surface area contributed by atoms with Crippen molar-refractivity contribution in [2.45, 2.75) is 264 Å². The van der Waals surface area contributed by atoms with Gasteiger partial charge in [-0.3, -0.25) is 4.79 Å². The molecule has 0 saturated heterocycles. The smallest absolute Gasteiger partial charge is 0.220 e. The summed E-state index contributed by atoms with van der Waals surface area (Å²) in [5.41, 5.74) is 0. The third kappa shape index (κ3) is 50.2. The fourth-order valence-corrected chi connectivity index (χ4v) is 7.75. The molecule has 4 heteroatoms. The van der Waals surface area contributed by atoms with E-state index in [1.54, 1.807) is 6.08 Å². The van der Waals surface area contributed by atoms with E-state index in [1.165, 1.54) is 161 Å². The van der Waals surface area contributed by atoms with Gasteiger partial charge >= 0.3 is 0 Å². The highest BCUT2D eigenvalue weighted by Crippen LogP contribution is 2.16. The van der Waals surface area contributed by atoms with Gasteiger partial charge in [-0.15, -0.1) is 0 Å². The van der Waals surface area contributed by atoms with Gasteiger partial charge in [0.15, 0.2) is 0 Å². The van der Waals surface area contributed by atoms with Gasteiger partial charge in [0.05, 0.1) is 18.8 Å². The van der Waals surface area contributed by atoms with Crippen LogP contribution in [0.3, 0.4) is 0 Å². The maximum atomic E-state index is 12.4. The van der Waals surface area contributed by atoms with Gasteiger partial charge in [-0.25, -0.2) is 0 Å². The summed E-state index contributed by atoms with van der Waals surface area (Å²) in [5, 5.41) is 23.0. The van der Waals surface area contributed by atoms with Gasteiger partial charge in [-0.2, -0.15) is 0 Å². The van der Waals surface area contributed by atoms with E-state index in [2.05, 4.69) is 104 Å². The van der Waals surface area contributed by atoms with Crippen LogP contribution in [0.1, 0.15) is 251 Å². The molecule has 63 heavy (non-hydrogen) atoms. The molecule has 0 aliphatic carbocycles. The summed E-state index contributed by atoms with van der Waals surface area (Å²) in [5.74, 6) is -0.0663. The number of rotatable bonds is 48. The summed E-state index contributed by atoms with van der Waals surface area (Å²) in [7, 11) is 0. The van der Waals surface area contributed by atoms with Gasteiger partial charge in [0.2, 0.25) is 5.91 Å². The molecular formula is C59H103NO3. The molecule has 0 aromatic rings. The number of carbonyl (C=O) groups is 1. The van der Waals surface area contributed by atoms with Gasteiger partial charge in [-0.1, -0.05) is 265 Å². The quantitative estimate of drug-likeness (QED) is 0.0421. The third-order valence-corrected chi connectivity index (χ3v) is 11.8. The van der Waals surface area contributed by atoms with Crippen LogP contribution in [0.15, 0.2) is 97.2 Å². The number of aliphatic hydroxyl groups is 2. The Morgan fingerprint density at radius 1 is 0.397 bits per heavy atom. The largest absolute Gasteiger partial charge is 0.394 e. The van der Waals surface area contributed by atoms with E-state index < -0.39 is 12.1 Å². The van der Waals surface area contributed by atoms with E-state index in [0.717, 1.165) is 70.6 Å². The molecule has 0 aromatic carbocycles. The number of amides is 1. The second kappa shape index (κ2) is 53.6. The molecule has 0 spiro atoms. The second-order valence-corrected chi connectivity index (χ2v) is 17.9. The number of hydrogen-bond donors (Lipinski definition) is 3. The second-order valence-electron chi connectivity index (χ2n) is 17.9. The predicted molar refractivity (Wildman–Crippen MR) is 280 cm³/mol. The average molecular weight is 874 g/mol. The van der Waals surface area contributed by atoms with E-state index in [4.69, 9.17) is 0 Å². The highest BCUT2D eigenvalue weighted by atomic mass is 16.3. The molecule has 0 rings (SSSR count). The first-order valence-corrected chi connectivity index (χ1v) is 27.0. The van der Waals surface area contributed by atoms with E-state index >= 15 is 0 Å². The van der Waals surface area contributed by atoms with Crippen LogP contribution in [-0.2, 0) is 4.79 Å². The lowest BCUT2D eigenvalue weighted by Crippen LogP contribution is -2.45. The fraction of sp³-hybridized carbons (Fsp3) is 0.712. The number of aliphatic hydroxyl groups excluding tert-OH is 2. The Hall–Kier alpha value is -2.69. The van der Waals surface area contributed by atoms with Crippen molar-refractivity contribution in [3.05, 3.63) is 97.2 Å². The SMILES string of the molecule is CC/C=C\C/C=C\C/C=C\C/C=C\C/C=C\C/C=C\C/C=C\CCCCCCCCCCCCCCCCCCCCCC(=O)NC(CO)C(O)/C=C/CCCCCCCCCC. The number of carbonyl (C=O) groups excluding carboxylic acids is 1. The van der Waals surface area contributed by atoms with Crippen molar-refractivity contribution in [2.75, 3.05) is 6.61 Å². The molecule has 4 nitrogen and oxygen atoms in total. The maximum absolute atomic E-state index is 12.4. The van der Waals surface area contributed by atoms with E-state index in [-0.39, 0.29) is 12.5 Å². The van der Waals surface area contributed by atoms with Crippen molar-refractivity contribution in [1.82, 2.24) is 5.32 Å². The summed E-state index contributed by atoms with van der Waals surface area (Å²) < 4.78 is 0. The van der Waals surface area contributed by atoms with Crippen LogP contribution in [-0.4, -0.2) is 34.9 Å². The molecule has 2 unspecified atom stereocenters. The summed E-state index contributed by atoms with van der Waals surface area (Å²) in [6.45, 7) is 4.17. The Morgan fingerprint density at radius 2 is 0.698 bits per heavy atom. The summed E-state index contributed by atoms with van der Waals surface area (Å²) in [6, 6.07) is -0.622. The Morgan fingerprint density at radius 3 is 1.05 bits per heavy atom.